The number of hydrogen-bond acceptors (Lipinski definition) is 2. The normalized spacial score (nSPS) is 14.7. The predicted octanol–water partition coefficient (Wildman–Crippen LogP) is 20.0. The number of benzene rings is 11. The Morgan fingerprint density at radius 3 is 1.28 bits per heavy atom. The number of nitrogens with zero attached hydrogens (tertiary/aromatic N) is 1. The van der Waals surface area contributed by atoms with Crippen LogP contribution in [0.15, 0.2) is 224 Å². The monoisotopic (exact) mass is 989 g/mol. The maximum absolute atomic E-state index is 2.70. The van der Waals surface area contributed by atoms with Crippen molar-refractivity contribution in [2.45, 2.75) is 63.2 Å². The van der Waals surface area contributed by atoms with E-state index >= 15 is 0 Å². The molecule has 2 spiro atoms. The fourth-order valence-corrected chi connectivity index (χ4v) is 16.0. The van der Waals surface area contributed by atoms with Crippen molar-refractivity contribution in [3.8, 4) is 44.5 Å². The van der Waals surface area contributed by atoms with Crippen LogP contribution >= 0.6 is 11.3 Å². The van der Waals surface area contributed by atoms with Crippen LogP contribution in [0.3, 0.4) is 0 Å². The summed E-state index contributed by atoms with van der Waals surface area (Å²) < 4.78 is 2.58. The van der Waals surface area contributed by atoms with Crippen molar-refractivity contribution in [2.24, 2.45) is 0 Å². The second kappa shape index (κ2) is 15.2. The lowest BCUT2D eigenvalue weighted by Crippen LogP contribution is -2.27. The Balaban J connectivity index is 1.05. The molecule has 362 valence electrons. The molecule has 0 amide bonds. The SMILES string of the molecule is CC(C)(C)c1ccc2c(c1)C1(c3cc(C(C)(C)C)ccc3-2)c2ccccc2-c2c(N(c3cccc4c3-c3ccccc3C43c4ccccc4-c4ccccc43)c3cccc4c3sc3ccc5ccccc5c34)cccc21. The molecule has 4 aliphatic carbocycles. The number of thiophene rings is 1. The molecule has 0 bridgehead atoms. The van der Waals surface area contributed by atoms with Gasteiger partial charge < -0.3 is 4.90 Å². The Morgan fingerprint density at radius 2 is 0.737 bits per heavy atom. The lowest BCUT2D eigenvalue weighted by Gasteiger charge is -2.34. The van der Waals surface area contributed by atoms with E-state index in [4.69, 9.17) is 0 Å². The van der Waals surface area contributed by atoms with Gasteiger partial charge in [0.25, 0.3) is 0 Å². The summed E-state index contributed by atoms with van der Waals surface area (Å²) in [6.45, 7) is 14.1. The maximum atomic E-state index is 2.70. The summed E-state index contributed by atoms with van der Waals surface area (Å²) in [5.74, 6) is 0. The minimum absolute atomic E-state index is 0.0445. The number of hydrogen-bond donors (Lipinski definition) is 0. The topological polar surface area (TPSA) is 3.24 Å². The highest BCUT2D eigenvalue weighted by Gasteiger charge is 2.55. The van der Waals surface area contributed by atoms with Gasteiger partial charge in [0.2, 0.25) is 0 Å². The Labute approximate surface area is 449 Å². The molecule has 12 aromatic rings. The zero-order valence-corrected chi connectivity index (χ0v) is 44.5. The minimum Gasteiger partial charge on any atom is -0.308 e. The number of fused-ring (bicyclic) bond motifs is 25. The van der Waals surface area contributed by atoms with Gasteiger partial charge in [0.15, 0.2) is 0 Å². The number of anilines is 3. The molecule has 76 heavy (non-hydrogen) atoms. The summed E-state index contributed by atoms with van der Waals surface area (Å²) in [5.41, 5.74) is 26.4. The molecule has 1 aromatic heterocycles. The predicted molar refractivity (Wildman–Crippen MR) is 322 cm³/mol. The van der Waals surface area contributed by atoms with Crippen molar-refractivity contribution < 1.29 is 0 Å². The van der Waals surface area contributed by atoms with Gasteiger partial charge in [-0.3, -0.25) is 0 Å². The summed E-state index contributed by atoms with van der Waals surface area (Å²) in [5, 5.41) is 5.17. The third kappa shape index (κ3) is 5.50. The summed E-state index contributed by atoms with van der Waals surface area (Å²) in [4.78, 5) is 2.70. The fourth-order valence-electron chi connectivity index (χ4n) is 14.8. The first-order valence-electron chi connectivity index (χ1n) is 27.1. The largest absolute Gasteiger partial charge is 0.308 e. The van der Waals surface area contributed by atoms with Crippen molar-refractivity contribution in [1.29, 1.82) is 0 Å². The standard InChI is InChI=1S/C74H55NS/c1-71(2,3)45-37-39-50-51-40-38-46(72(4,5)6)43-62(51)74(61(50)42-45)58-30-16-12-25-53(58)69-60(74)32-19-34-64(69)75(65-35-17-26-54-67-47-21-8-7-20-44(47)36-41-66(67)76-70(54)65)63-33-18-31-59-68(63)52-24-11-15-29-57(52)73(59)55-27-13-9-22-48(55)49-23-10-14-28-56(49)73/h7-43H,1-6H3. The zero-order valence-electron chi connectivity index (χ0n) is 43.7. The van der Waals surface area contributed by atoms with Crippen LogP contribution in [0.25, 0.3) is 75.5 Å². The van der Waals surface area contributed by atoms with Crippen LogP contribution in [0, 0.1) is 0 Å². The molecule has 4 aliphatic rings. The van der Waals surface area contributed by atoms with Gasteiger partial charge in [0.1, 0.15) is 0 Å². The molecular weight excluding hydrogens is 935 g/mol. The van der Waals surface area contributed by atoms with E-state index in [2.05, 4.69) is 271 Å². The molecule has 1 heterocycles. The Kier molecular flexibility index (Phi) is 8.80. The maximum Gasteiger partial charge on any atom is 0.0726 e. The van der Waals surface area contributed by atoms with Crippen LogP contribution in [-0.4, -0.2) is 0 Å². The lowest BCUT2D eigenvalue weighted by atomic mass is 9.69. The third-order valence-electron chi connectivity index (χ3n) is 18.0. The van der Waals surface area contributed by atoms with Gasteiger partial charge in [-0.25, -0.2) is 0 Å². The molecule has 1 nitrogen and oxygen atoms in total. The Hall–Kier alpha value is -8.30. The molecule has 0 aliphatic heterocycles. The van der Waals surface area contributed by atoms with Crippen LogP contribution in [0.2, 0.25) is 0 Å². The van der Waals surface area contributed by atoms with Gasteiger partial charge in [-0.2, -0.15) is 0 Å². The van der Waals surface area contributed by atoms with Crippen LogP contribution < -0.4 is 4.90 Å². The van der Waals surface area contributed by atoms with Crippen LogP contribution in [0.4, 0.5) is 17.1 Å². The third-order valence-corrected chi connectivity index (χ3v) is 19.2. The first-order valence-corrected chi connectivity index (χ1v) is 27.9. The van der Waals surface area contributed by atoms with Gasteiger partial charge in [0, 0.05) is 26.6 Å². The Morgan fingerprint density at radius 1 is 0.329 bits per heavy atom. The van der Waals surface area contributed by atoms with Crippen molar-refractivity contribution in [2.75, 3.05) is 4.90 Å². The highest BCUT2D eigenvalue weighted by atomic mass is 32.1. The van der Waals surface area contributed by atoms with Gasteiger partial charge in [-0.15, -0.1) is 11.3 Å². The van der Waals surface area contributed by atoms with E-state index < -0.39 is 10.8 Å². The summed E-state index contributed by atoms with van der Waals surface area (Å²) in [6.07, 6.45) is 0. The van der Waals surface area contributed by atoms with E-state index in [1.54, 1.807) is 0 Å². The highest BCUT2D eigenvalue weighted by Crippen LogP contribution is 2.68. The van der Waals surface area contributed by atoms with Gasteiger partial charge in [-0.05, 0) is 135 Å². The van der Waals surface area contributed by atoms with Crippen molar-refractivity contribution in [3.63, 3.8) is 0 Å². The van der Waals surface area contributed by atoms with E-state index in [1.165, 1.54) is 148 Å². The zero-order chi connectivity index (χ0) is 51.0. The highest BCUT2D eigenvalue weighted by molar-refractivity contribution is 7.26. The fraction of sp³-hybridized carbons (Fsp3) is 0.135. The minimum atomic E-state index is -0.560. The van der Waals surface area contributed by atoms with Crippen LogP contribution in [0.5, 0.6) is 0 Å². The van der Waals surface area contributed by atoms with Gasteiger partial charge >= 0.3 is 0 Å². The van der Waals surface area contributed by atoms with Gasteiger partial charge in [0.05, 0.1) is 32.6 Å². The summed E-state index contributed by atoms with van der Waals surface area (Å²) in [6, 6.07) is 87.0. The van der Waals surface area contributed by atoms with E-state index in [0.29, 0.717) is 0 Å². The van der Waals surface area contributed by atoms with Crippen molar-refractivity contribution in [3.05, 3.63) is 280 Å². The second-order valence-corrected chi connectivity index (χ2v) is 24.9. The second-order valence-electron chi connectivity index (χ2n) is 23.9. The molecule has 0 radical (unpaired) electrons. The smallest absolute Gasteiger partial charge is 0.0726 e. The van der Waals surface area contributed by atoms with Crippen LogP contribution in [0.1, 0.15) is 97.2 Å². The van der Waals surface area contributed by atoms with Crippen molar-refractivity contribution in [1.82, 2.24) is 0 Å². The van der Waals surface area contributed by atoms with Crippen LogP contribution in [-0.2, 0) is 21.7 Å². The van der Waals surface area contributed by atoms with E-state index in [0.717, 1.165) is 0 Å². The summed E-state index contributed by atoms with van der Waals surface area (Å²) >= 11 is 1.92. The molecule has 0 saturated heterocycles. The first kappa shape index (κ1) is 44.0. The lowest BCUT2D eigenvalue weighted by molar-refractivity contribution is 0.586. The molecular formula is C74H55NS. The van der Waals surface area contributed by atoms with Crippen molar-refractivity contribution >= 4 is 59.3 Å². The van der Waals surface area contributed by atoms with Gasteiger partial charge in [-0.1, -0.05) is 242 Å². The first-order chi connectivity index (χ1) is 37.0. The molecule has 0 atom stereocenters. The molecule has 0 saturated carbocycles. The molecule has 16 rings (SSSR count). The molecule has 11 aromatic carbocycles. The molecule has 0 N–H and O–H groups in total. The average Bonchev–Trinajstić information content (AvgIpc) is 4.42. The Bertz CT molecular complexity index is 4400. The molecule has 2 heteroatoms. The molecule has 0 fully saturated rings. The quantitative estimate of drug-likeness (QED) is 0.171. The van der Waals surface area contributed by atoms with E-state index in [1.807, 2.05) is 11.3 Å². The van der Waals surface area contributed by atoms with E-state index in [9.17, 15) is 0 Å². The van der Waals surface area contributed by atoms with E-state index in [-0.39, 0.29) is 10.8 Å². The average molecular weight is 990 g/mol. The molecule has 0 unspecified atom stereocenters. The number of rotatable bonds is 3. The summed E-state index contributed by atoms with van der Waals surface area (Å²) in [7, 11) is 0.